The average molecular weight is 223 g/mol. The third kappa shape index (κ3) is 1.04. The van der Waals surface area contributed by atoms with Crippen molar-refractivity contribution in [2.24, 2.45) is 0 Å². The molecule has 62 valence electrons. The first-order valence-electron chi connectivity index (χ1n) is 4.15. The Balaban J connectivity index is 2.75. The van der Waals surface area contributed by atoms with Gasteiger partial charge in [-0.15, -0.1) is 0 Å². The van der Waals surface area contributed by atoms with Gasteiger partial charge in [0.1, 0.15) is 0 Å². The molecule has 0 heterocycles. The van der Waals surface area contributed by atoms with E-state index in [0.29, 0.717) is 0 Å². The molecule has 12 heavy (non-hydrogen) atoms. The zero-order chi connectivity index (χ0) is 8.72. The van der Waals surface area contributed by atoms with Crippen molar-refractivity contribution >= 4 is 22.0 Å². The Morgan fingerprint density at radius 3 is 2.83 bits per heavy atom. The van der Waals surface area contributed by atoms with Crippen LogP contribution in [0, 0.1) is 13.8 Å². The molecule has 1 aromatic rings. The Bertz CT molecular complexity index is 362. The van der Waals surface area contributed by atoms with Crippen LogP contribution in [0.3, 0.4) is 0 Å². The summed E-state index contributed by atoms with van der Waals surface area (Å²) >= 11 is 3.57. The molecule has 0 unspecified atom stereocenters. The lowest BCUT2D eigenvalue weighted by Crippen LogP contribution is -1.91. The van der Waals surface area contributed by atoms with Crippen molar-refractivity contribution in [1.82, 2.24) is 0 Å². The van der Waals surface area contributed by atoms with E-state index < -0.39 is 0 Å². The molecule has 0 atom stereocenters. The van der Waals surface area contributed by atoms with Crippen LogP contribution in [0.15, 0.2) is 16.6 Å². The lowest BCUT2D eigenvalue weighted by Gasteiger charge is -2.09. The summed E-state index contributed by atoms with van der Waals surface area (Å²) in [4.78, 5) is 0. The summed E-state index contributed by atoms with van der Waals surface area (Å²) in [6.45, 7) is 4.34. The van der Waals surface area contributed by atoms with E-state index in [-0.39, 0.29) is 0 Å². The minimum atomic E-state index is 1.11. The first-order chi connectivity index (χ1) is 5.70. The molecular weight excluding hydrogens is 212 g/mol. The third-order valence-corrected chi connectivity index (χ3v) is 3.34. The summed E-state index contributed by atoms with van der Waals surface area (Å²) in [7, 11) is 0. The van der Waals surface area contributed by atoms with Gasteiger partial charge in [0.25, 0.3) is 0 Å². The number of rotatable bonds is 0. The SMILES string of the molecule is Cc1cc(Br)c(C)c2c1CC=C2. The molecule has 1 heteroatoms. The van der Waals surface area contributed by atoms with Gasteiger partial charge >= 0.3 is 0 Å². The highest BCUT2D eigenvalue weighted by atomic mass is 79.9. The number of hydrogen-bond donors (Lipinski definition) is 0. The second kappa shape index (κ2) is 2.74. The maximum atomic E-state index is 3.57. The minimum absolute atomic E-state index is 1.11. The Morgan fingerprint density at radius 2 is 2.08 bits per heavy atom. The van der Waals surface area contributed by atoms with Gasteiger partial charge in [-0.05, 0) is 48.6 Å². The second-order valence-electron chi connectivity index (χ2n) is 3.30. The van der Waals surface area contributed by atoms with E-state index >= 15 is 0 Å². The molecule has 0 aliphatic heterocycles. The van der Waals surface area contributed by atoms with Crippen molar-refractivity contribution < 1.29 is 0 Å². The summed E-state index contributed by atoms with van der Waals surface area (Å²) in [6.07, 6.45) is 5.56. The van der Waals surface area contributed by atoms with E-state index in [2.05, 4.69) is 48.0 Å². The normalized spacial score (nSPS) is 13.6. The van der Waals surface area contributed by atoms with Crippen molar-refractivity contribution in [2.45, 2.75) is 20.3 Å². The number of fused-ring (bicyclic) bond motifs is 1. The third-order valence-electron chi connectivity index (χ3n) is 2.51. The number of hydrogen-bond acceptors (Lipinski definition) is 0. The zero-order valence-electron chi connectivity index (χ0n) is 7.32. The fourth-order valence-electron chi connectivity index (χ4n) is 1.74. The fraction of sp³-hybridized carbons (Fsp3) is 0.273. The number of allylic oxidation sites excluding steroid dienone is 1. The van der Waals surface area contributed by atoms with Crippen molar-refractivity contribution in [1.29, 1.82) is 0 Å². The molecule has 0 fully saturated rings. The highest BCUT2D eigenvalue weighted by molar-refractivity contribution is 9.10. The Kier molecular flexibility index (Phi) is 1.84. The maximum Gasteiger partial charge on any atom is 0.0213 e. The van der Waals surface area contributed by atoms with Crippen molar-refractivity contribution in [2.75, 3.05) is 0 Å². The van der Waals surface area contributed by atoms with Crippen LogP contribution in [0.5, 0.6) is 0 Å². The first-order valence-corrected chi connectivity index (χ1v) is 4.94. The van der Waals surface area contributed by atoms with Gasteiger partial charge in [-0.1, -0.05) is 28.1 Å². The Hall–Kier alpha value is -0.560. The Labute approximate surface area is 81.4 Å². The predicted octanol–water partition coefficient (Wildman–Crippen LogP) is 3.64. The summed E-state index contributed by atoms with van der Waals surface area (Å²) in [5.41, 5.74) is 5.68. The van der Waals surface area contributed by atoms with E-state index in [4.69, 9.17) is 0 Å². The molecule has 0 amide bonds. The topological polar surface area (TPSA) is 0 Å². The molecular formula is C11H11Br. The lowest BCUT2D eigenvalue weighted by atomic mass is 10.00. The van der Waals surface area contributed by atoms with Gasteiger partial charge in [-0.3, -0.25) is 0 Å². The quantitative estimate of drug-likeness (QED) is 0.629. The van der Waals surface area contributed by atoms with Crippen LogP contribution in [-0.4, -0.2) is 0 Å². The van der Waals surface area contributed by atoms with Crippen molar-refractivity contribution in [3.8, 4) is 0 Å². The smallest absolute Gasteiger partial charge is 0.0213 e. The van der Waals surface area contributed by atoms with Crippen LogP contribution >= 0.6 is 15.9 Å². The molecule has 1 aliphatic rings. The minimum Gasteiger partial charge on any atom is -0.0795 e. The van der Waals surface area contributed by atoms with E-state index in [9.17, 15) is 0 Å². The predicted molar refractivity (Wildman–Crippen MR) is 56.4 cm³/mol. The largest absolute Gasteiger partial charge is 0.0795 e. The molecule has 2 rings (SSSR count). The maximum absolute atomic E-state index is 3.57. The van der Waals surface area contributed by atoms with E-state index in [1.165, 1.54) is 26.7 Å². The molecule has 0 bridgehead atoms. The van der Waals surface area contributed by atoms with Gasteiger partial charge in [-0.2, -0.15) is 0 Å². The zero-order valence-corrected chi connectivity index (χ0v) is 8.90. The van der Waals surface area contributed by atoms with Crippen LogP contribution in [0.25, 0.3) is 6.08 Å². The second-order valence-corrected chi connectivity index (χ2v) is 4.15. The molecule has 0 aromatic heterocycles. The molecule has 0 saturated carbocycles. The number of aryl methyl sites for hydroxylation is 1. The highest BCUT2D eigenvalue weighted by Crippen LogP contribution is 2.31. The first kappa shape index (κ1) is 8.06. The van der Waals surface area contributed by atoms with E-state index in [1.54, 1.807) is 0 Å². The number of benzene rings is 1. The lowest BCUT2D eigenvalue weighted by molar-refractivity contribution is 1.21. The van der Waals surface area contributed by atoms with E-state index in [0.717, 1.165) is 6.42 Å². The van der Waals surface area contributed by atoms with Gasteiger partial charge in [-0.25, -0.2) is 0 Å². The molecule has 0 spiro atoms. The number of halogens is 1. The molecule has 0 saturated heterocycles. The van der Waals surface area contributed by atoms with Gasteiger partial charge < -0.3 is 0 Å². The van der Waals surface area contributed by atoms with Gasteiger partial charge in [0, 0.05) is 4.47 Å². The summed E-state index contributed by atoms with van der Waals surface area (Å²) in [5.74, 6) is 0. The monoisotopic (exact) mass is 222 g/mol. The van der Waals surface area contributed by atoms with Gasteiger partial charge in [0.2, 0.25) is 0 Å². The Morgan fingerprint density at radius 1 is 1.33 bits per heavy atom. The average Bonchev–Trinajstić information content (AvgIpc) is 2.48. The van der Waals surface area contributed by atoms with Crippen LogP contribution in [0.2, 0.25) is 0 Å². The molecule has 0 nitrogen and oxygen atoms in total. The summed E-state index contributed by atoms with van der Waals surface area (Å²) in [5, 5.41) is 0. The molecule has 1 aliphatic carbocycles. The van der Waals surface area contributed by atoms with Crippen LogP contribution < -0.4 is 0 Å². The summed E-state index contributed by atoms with van der Waals surface area (Å²) in [6, 6.07) is 2.21. The standard InChI is InChI=1S/C11H11Br/c1-7-6-11(12)8(2)10-5-3-4-9(7)10/h3,5-6H,4H2,1-2H3. The molecule has 0 radical (unpaired) electrons. The molecule has 1 aromatic carbocycles. The van der Waals surface area contributed by atoms with E-state index in [1.807, 2.05) is 0 Å². The highest BCUT2D eigenvalue weighted by Gasteiger charge is 2.12. The van der Waals surface area contributed by atoms with Crippen LogP contribution in [0.1, 0.15) is 22.3 Å². The molecule has 0 N–H and O–H groups in total. The van der Waals surface area contributed by atoms with Crippen LogP contribution in [-0.2, 0) is 6.42 Å². The van der Waals surface area contributed by atoms with Crippen molar-refractivity contribution in [3.05, 3.63) is 38.9 Å². The van der Waals surface area contributed by atoms with Crippen molar-refractivity contribution in [3.63, 3.8) is 0 Å². The fourth-order valence-corrected chi connectivity index (χ4v) is 2.30. The van der Waals surface area contributed by atoms with Gasteiger partial charge in [0.05, 0.1) is 0 Å². The summed E-state index contributed by atoms with van der Waals surface area (Å²) < 4.78 is 1.23. The van der Waals surface area contributed by atoms with Crippen LogP contribution in [0.4, 0.5) is 0 Å². The van der Waals surface area contributed by atoms with Gasteiger partial charge in [0.15, 0.2) is 0 Å².